The molecule has 0 aromatic heterocycles. The van der Waals surface area contributed by atoms with Gasteiger partial charge in [0.15, 0.2) is 0 Å². The van der Waals surface area contributed by atoms with Crippen LogP contribution in [0.5, 0.6) is 5.75 Å². The van der Waals surface area contributed by atoms with Gasteiger partial charge in [-0.3, -0.25) is 9.80 Å². The molecule has 0 heterocycles. The van der Waals surface area contributed by atoms with Crippen molar-refractivity contribution in [3.8, 4) is 5.75 Å². The molecule has 1 rings (SSSR count). The fourth-order valence-electron chi connectivity index (χ4n) is 1.26. The molecule has 2 N–H and O–H groups in total. The van der Waals surface area contributed by atoms with Crippen LogP contribution in [0.3, 0.4) is 0 Å². The molecule has 0 saturated heterocycles. The Morgan fingerprint density at radius 3 is 2.60 bits per heavy atom. The molecule has 0 aliphatic heterocycles. The molecule has 0 radical (unpaired) electrons. The Kier molecular flexibility index (Phi) is 7.82. The van der Waals surface area contributed by atoms with Crippen LogP contribution in [0.2, 0.25) is 0 Å². The molecule has 0 fully saturated rings. The van der Waals surface area contributed by atoms with E-state index in [4.69, 9.17) is 10.5 Å². The van der Waals surface area contributed by atoms with Crippen LogP contribution in [0.4, 0.5) is 5.69 Å². The molecule has 0 unspecified atom stereocenters. The van der Waals surface area contributed by atoms with Gasteiger partial charge in [0, 0.05) is 12.6 Å². The molecule has 1 aromatic carbocycles. The van der Waals surface area contributed by atoms with E-state index in [-0.39, 0.29) is 40.8 Å². The number of carboxylic acids is 1. The van der Waals surface area contributed by atoms with E-state index >= 15 is 0 Å². The molecular formula is C11H13N4NaO4. The summed E-state index contributed by atoms with van der Waals surface area (Å²) < 4.78 is 5.04. The summed E-state index contributed by atoms with van der Waals surface area (Å²) in [5.74, 6) is -1.50. The quantitative estimate of drug-likeness (QED) is 0.330. The molecule has 1 amide bonds. The van der Waals surface area contributed by atoms with Gasteiger partial charge in [-0.25, -0.2) is 0 Å². The van der Waals surface area contributed by atoms with Crippen molar-refractivity contribution in [1.82, 2.24) is 5.01 Å². The molecule has 20 heavy (non-hydrogen) atoms. The van der Waals surface area contributed by atoms with E-state index in [1.807, 2.05) is 0 Å². The maximum Gasteiger partial charge on any atom is 1.00 e. The summed E-state index contributed by atoms with van der Waals surface area (Å²) in [5, 5.41) is 18.9. The Labute approximate surface area is 137 Å². The number of nitrogens with zero attached hydrogens (tertiary/aromatic N) is 3. The topological polar surface area (TPSA) is 120 Å². The average molecular weight is 288 g/mol. The molecule has 0 spiro atoms. The molecule has 102 valence electrons. The van der Waals surface area contributed by atoms with Gasteiger partial charge in [-0.15, -0.1) is 5.11 Å². The van der Waals surface area contributed by atoms with Crippen LogP contribution in [-0.2, 0) is 4.79 Å². The zero-order valence-electron chi connectivity index (χ0n) is 11.5. The van der Waals surface area contributed by atoms with E-state index in [9.17, 15) is 14.7 Å². The number of benzene rings is 1. The molecule has 0 atom stereocenters. The minimum Gasteiger partial charge on any atom is -0.548 e. The number of methoxy groups -OCH3 is 1. The van der Waals surface area contributed by atoms with Gasteiger partial charge in [-0.2, -0.15) is 0 Å². The van der Waals surface area contributed by atoms with Gasteiger partial charge in [0.25, 0.3) is 0 Å². The Balaban J connectivity index is 0.00000361. The fourth-order valence-corrected chi connectivity index (χ4v) is 1.26. The van der Waals surface area contributed by atoms with Gasteiger partial charge in [-0.05, 0) is 18.2 Å². The summed E-state index contributed by atoms with van der Waals surface area (Å²) in [6, 6.07) is 4.41. The van der Waals surface area contributed by atoms with Crippen molar-refractivity contribution in [3.63, 3.8) is 0 Å². The van der Waals surface area contributed by atoms with Crippen LogP contribution in [0, 0.1) is 0 Å². The molecule has 0 aliphatic rings. The van der Waals surface area contributed by atoms with Crippen LogP contribution >= 0.6 is 0 Å². The second kappa shape index (κ2) is 8.51. The summed E-state index contributed by atoms with van der Waals surface area (Å²) in [4.78, 5) is 21.4. The third-order valence-corrected chi connectivity index (χ3v) is 2.13. The first-order valence-electron chi connectivity index (χ1n) is 5.24. The normalized spacial score (nSPS) is 9.90. The van der Waals surface area contributed by atoms with E-state index in [1.54, 1.807) is 0 Å². The van der Waals surface area contributed by atoms with E-state index in [1.165, 1.54) is 32.4 Å². The Morgan fingerprint density at radius 2 is 2.10 bits per heavy atom. The molecule has 0 aliphatic carbocycles. The first kappa shape index (κ1) is 18.4. The fraction of sp³-hybridized carbons (Fsp3) is 0.273. The molecule has 1 aromatic rings. The Morgan fingerprint density at radius 1 is 1.45 bits per heavy atom. The van der Waals surface area contributed by atoms with E-state index in [0.29, 0.717) is 5.75 Å². The number of primary amides is 1. The maximum atomic E-state index is 11.0. The van der Waals surface area contributed by atoms with Gasteiger partial charge in [-0.1, -0.05) is 5.22 Å². The van der Waals surface area contributed by atoms with Crippen LogP contribution < -0.4 is 45.1 Å². The Hall–Kier alpha value is -1.64. The summed E-state index contributed by atoms with van der Waals surface area (Å²) >= 11 is 0. The van der Waals surface area contributed by atoms with Crippen molar-refractivity contribution < 1.29 is 49.0 Å². The Bertz CT molecular complexity index is 521. The summed E-state index contributed by atoms with van der Waals surface area (Å²) in [6.45, 7) is -0.401. The number of nitrogens with two attached hydrogens (primary N) is 1. The van der Waals surface area contributed by atoms with Gasteiger partial charge < -0.3 is 20.4 Å². The van der Waals surface area contributed by atoms with E-state index < -0.39 is 18.4 Å². The largest absolute Gasteiger partial charge is 1.00 e. The van der Waals surface area contributed by atoms with Gasteiger partial charge in [0.1, 0.15) is 11.4 Å². The van der Waals surface area contributed by atoms with Crippen LogP contribution in [0.25, 0.3) is 0 Å². The third kappa shape index (κ3) is 5.55. The van der Waals surface area contributed by atoms with Crippen molar-refractivity contribution in [2.24, 2.45) is 16.1 Å². The summed E-state index contributed by atoms with van der Waals surface area (Å²) in [5.41, 5.74) is 5.66. The van der Waals surface area contributed by atoms with Crippen molar-refractivity contribution in [3.05, 3.63) is 23.8 Å². The molecular weight excluding hydrogens is 275 g/mol. The maximum absolute atomic E-state index is 11.0. The number of rotatable bonds is 6. The molecule has 0 bridgehead atoms. The number of ether oxygens (including phenoxy) is 1. The van der Waals surface area contributed by atoms with E-state index in [2.05, 4.69) is 10.3 Å². The summed E-state index contributed by atoms with van der Waals surface area (Å²) in [7, 11) is 2.85. The zero-order valence-corrected chi connectivity index (χ0v) is 13.5. The second-order valence-corrected chi connectivity index (χ2v) is 3.63. The predicted molar refractivity (Wildman–Crippen MR) is 63.7 cm³/mol. The van der Waals surface area contributed by atoms with Crippen LogP contribution in [0.1, 0.15) is 10.4 Å². The van der Waals surface area contributed by atoms with Crippen molar-refractivity contribution in [2.75, 3.05) is 20.7 Å². The monoisotopic (exact) mass is 288 g/mol. The zero-order chi connectivity index (χ0) is 14.4. The standard InChI is InChI=1S/C11H14N4O4.Na/c1-15(6-10(16)17)14-13-8-5-7(11(12)18)3-4-9(8)19-2;/h3-5H,6H2,1-2H3,(H2,12,18)(H,16,17);/q;+1/p-1. The smallest absolute Gasteiger partial charge is 0.548 e. The number of hydrogen-bond acceptors (Lipinski definition) is 6. The number of carbonyl (C=O) groups is 2. The van der Waals surface area contributed by atoms with Crippen molar-refractivity contribution in [2.45, 2.75) is 0 Å². The van der Waals surface area contributed by atoms with Gasteiger partial charge in [0.05, 0.1) is 19.6 Å². The van der Waals surface area contributed by atoms with E-state index in [0.717, 1.165) is 5.01 Å². The minimum atomic E-state index is -1.28. The van der Waals surface area contributed by atoms with Gasteiger partial charge in [0.2, 0.25) is 5.91 Å². The summed E-state index contributed by atoms with van der Waals surface area (Å²) in [6.07, 6.45) is 0. The first-order valence-corrected chi connectivity index (χ1v) is 5.24. The second-order valence-electron chi connectivity index (χ2n) is 3.63. The minimum absolute atomic E-state index is 0. The van der Waals surface area contributed by atoms with Crippen molar-refractivity contribution >= 4 is 17.6 Å². The average Bonchev–Trinajstić information content (AvgIpc) is 2.35. The molecule has 9 heteroatoms. The number of aliphatic carboxylic acids is 1. The van der Waals surface area contributed by atoms with Crippen LogP contribution in [0.15, 0.2) is 28.5 Å². The number of carboxylic acid groups (broad SMARTS) is 1. The number of hydrogen-bond donors (Lipinski definition) is 1. The third-order valence-electron chi connectivity index (χ3n) is 2.13. The van der Waals surface area contributed by atoms with Crippen LogP contribution in [-0.4, -0.2) is 37.6 Å². The number of amides is 1. The SMILES string of the molecule is COc1ccc(C(N)=O)cc1N=NN(C)CC(=O)[O-].[Na+]. The first-order chi connectivity index (χ1) is 8.93. The predicted octanol–water partition coefficient (Wildman–Crippen LogP) is -3.52. The molecule has 8 nitrogen and oxygen atoms in total. The van der Waals surface area contributed by atoms with Crippen molar-refractivity contribution in [1.29, 1.82) is 0 Å². The molecule has 0 saturated carbocycles. The number of carbonyl (C=O) groups excluding carboxylic acids is 2. The van der Waals surface area contributed by atoms with Gasteiger partial charge >= 0.3 is 29.6 Å². The number of likely N-dealkylation sites (N-methyl/N-ethyl adjacent to an activating group) is 1.